The van der Waals surface area contributed by atoms with E-state index >= 15 is 0 Å². The van der Waals surface area contributed by atoms with Gasteiger partial charge in [0.15, 0.2) is 0 Å². The first-order valence-electron chi connectivity index (χ1n) is 10.6. The second-order valence-electron chi connectivity index (χ2n) is 7.75. The summed E-state index contributed by atoms with van der Waals surface area (Å²) in [4.78, 5) is 23.0. The Kier molecular flexibility index (Phi) is 7.94. The molecule has 0 radical (unpaired) electrons. The molecule has 2 heterocycles. The van der Waals surface area contributed by atoms with Crippen LogP contribution in [-0.2, 0) is 0 Å². The quantitative estimate of drug-likeness (QED) is 0.617. The lowest BCUT2D eigenvalue weighted by Gasteiger charge is -2.36. The Bertz CT molecular complexity index is 866. The summed E-state index contributed by atoms with van der Waals surface area (Å²) in [7, 11) is 6.86. The fourth-order valence-corrected chi connectivity index (χ4v) is 3.73. The van der Waals surface area contributed by atoms with E-state index in [0.29, 0.717) is 11.4 Å². The van der Waals surface area contributed by atoms with Crippen molar-refractivity contribution < 1.29 is 14.3 Å². The van der Waals surface area contributed by atoms with Gasteiger partial charge < -0.3 is 24.6 Å². The van der Waals surface area contributed by atoms with Crippen molar-refractivity contribution in [2.45, 2.75) is 6.42 Å². The summed E-state index contributed by atoms with van der Waals surface area (Å²) >= 11 is 0. The molecule has 0 bridgehead atoms. The number of pyridine rings is 1. The summed E-state index contributed by atoms with van der Waals surface area (Å²) in [6.45, 7) is 5.70. The third-order valence-electron chi connectivity index (χ3n) is 5.49. The van der Waals surface area contributed by atoms with Crippen molar-refractivity contribution in [1.82, 2.24) is 14.8 Å². The Morgan fingerprint density at radius 1 is 1.13 bits per heavy atom. The second-order valence-corrected chi connectivity index (χ2v) is 7.75. The van der Waals surface area contributed by atoms with Crippen LogP contribution in [0.5, 0.6) is 11.5 Å². The zero-order chi connectivity index (χ0) is 22.2. The molecule has 0 unspecified atom stereocenters. The molecule has 0 atom stereocenters. The average Bonchev–Trinajstić information content (AvgIpc) is 2.81. The molecule has 1 fully saturated rings. The third-order valence-corrected chi connectivity index (χ3v) is 5.49. The highest BCUT2D eigenvalue weighted by Crippen LogP contribution is 2.32. The number of anilines is 2. The van der Waals surface area contributed by atoms with Crippen molar-refractivity contribution in [3.05, 3.63) is 42.1 Å². The van der Waals surface area contributed by atoms with Crippen molar-refractivity contribution in [2.75, 3.05) is 77.8 Å². The van der Waals surface area contributed by atoms with Crippen molar-refractivity contribution in [3.63, 3.8) is 0 Å². The number of hydrogen-bond donors (Lipinski definition) is 1. The molecule has 2 aromatic rings. The molecule has 1 saturated heterocycles. The maximum atomic E-state index is 12.3. The van der Waals surface area contributed by atoms with Crippen LogP contribution < -0.4 is 19.7 Å². The predicted octanol–water partition coefficient (Wildman–Crippen LogP) is 2.42. The summed E-state index contributed by atoms with van der Waals surface area (Å²) in [5.74, 6) is 2.25. The van der Waals surface area contributed by atoms with Crippen LogP contribution in [-0.4, -0.2) is 88.3 Å². The molecule has 1 aliphatic heterocycles. The van der Waals surface area contributed by atoms with Crippen LogP contribution in [0.25, 0.3) is 0 Å². The van der Waals surface area contributed by atoms with Crippen LogP contribution in [0.4, 0.5) is 11.5 Å². The number of rotatable bonds is 9. The fourth-order valence-electron chi connectivity index (χ4n) is 3.73. The van der Waals surface area contributed by atoms with Gasteiger partial charge in [-0.05, 0) is 37.2 Å². The van der Waals surface area contributed by atoms with E-state index in [1.807, 2.05) is 18.2 Å². The zero-order valence-electron chi connectivity index (χ0n) is 18.9. The van der Waals surface area contributed by atoms with Gasteiger partial charge in [-0.1, -0.05) is 0 Å². The van der Waals surface area contributed by atoms with Crippen molar-refractivity contribution >= 4 is 17.4 Å². The maximum absolute atomic E-state index is 12.3. The first kappa shape index (κ1) is 22.7. The van der Waals surface area contributed by atoms with Crippen LogP contribution in [0.1, 0.15) is 16.8 Å². The second kappa shape index (κ2) is 10.9. The van der Waals surface area contributed by atoms with Crippen LogP contribution in [0.15, 0.2) is 36.5 Å². The maximum Gasteiger partial charge on any atom is 0.257 e. The molecule has 31 heavy (non-hydrogen) atoms. The Labute approximate surface area is 184 Å². The van der Waals surface area contributed by atoms with Gasteiger partial charge in [-0.25, -0.2) is 4.98 Å². The monoisotopic (exact) mass is 427 g/mol. The average molecular weight is 428 g/mol. The van der Waals surface area contributed by atoms with Gasteiger partial charge >= 0.3 is 0 Å². The highest BCUT2D eigenvalue weighted by molar-refractivity contribution is 5.98. The van der Waals surface area contributed by atoms with Gasteiger partial charge in [0, 0.05) is 59.1 Å². The van der Waals surface area contributed by atoms with E-state index in [-0.39, 0.29) is 5.91 Å². The van der Waals surface area contributed by atoms with Gasteiger partial charge in [-0.2, -0.15) is 0 Å². The summed E-state index contributed by atoms with van der Waals surface area (Å²) in [6, 6.07) is 9.57. The normalized spacial score (nSPS) is 14.3. The Morgan fingerprint density at radius 3 is 2.58 bits per heavy atom. The van der Waals surface area contributed by atoms with E-state index in [4.69, 9.17) is 9.47 Å². The van der Waals surface area contributed by atoms with Gasteiger partial charge in [-0.15, -0.1) is 0 Å². The fraction of sp³-hybridized carbons (Fsp3) is 0.478. The molecule has 168 valence electrons. The SMILES string of the molecule is COc1ccc(N2CCN(CCCNc3ncccc3C(=O)N(C)C)CC2)c(OC)c1. The molecular formula is C23H33N5O3. The standard InChI is InChI=1S/C23H33N5O3/c1-26(2)23(29)19-7-5-10-24-22(19)25-11-6-12-27-13-15-28(16-14-27)20-9-8-18(30-3)17-21(20)31-4/h5,7-10,17H,6,11-16H2,1-4H3,(H,24,25). The van der Waals surface area contributed by atoms with E-state index in [0.717, 1.165) is 62.9 Å². The van der Waals surface area contributed by atoms with E-state index < -0.39 is 0 Å². The highest BCUT2D eigenvalue weighted by atomic mass is 16.5. The van der Waals surface area contributed by atoms with E-state index in [1.165, 1.54) is 0 Å². The molecule has 1 aromatic heterocycles. The summed E-state index contributed by atoms with van der Waals surface area (Å²) in [5.41, 5.74) is 1.72. The smallest absolute Gasteiger partial charge is 0.257 e. The molecule has 3 rings (SSSR count). The number of carbonyl (C=O) groups excluding carboxylic acids is 1. The van der Waals surface area contributed by atoms with Crippen LogP contribution in [0.2, 0.25) is 0 Å². The number of amides is 1. The molecule has 0 saturated carbocycles. The van der Waals surface area contributed by atoms with Gasteiger partial charge in [0.25, 0.3) is 5.91 Å². The molecule has 0 aliphatic carbocycles. The minimum absolute atomic E-state index is 0.0410. The van der Waals surface area contributed by atoms with Gasteiger partial charge in [0.1, 0.15) is 17.3 Å². The minimum atomic E-state index is -0.0410. The molecule has 1 aliphatic rings. The number of nitrogens with one attached hydrogen (secondary N) is 1. The van der Waals surface area contributed by atoms with Gasteiger partial charge in [0.05, 0.1) is 25.5 Å². The van der Waals surface area contributed by atoms with Crippen LogP contribution in [0, 0.1) is 0 Å². The number of piperazine rings is 1. The van der Waals surface area contributed by atoms with Gasteiger partial charge in [0.2, 0.25) is 0 Å². The third kappa shape index (κ3) is 5.79. The molecule has 8 nitrogen and oxygen atoms in total. The van der Waals surface area contributed by atoms with Gasteiger partial charge in [-0.3, -0.25) is 9.69 Å². The Morgan fingerprint density at radius 2 is 1.90 bits per heavy atom. The van der Waals surface area contributed by atoms with Crippen LogP contribution >= 0.6 is 0 Å². The molecule has 8 heteroatoms. The minimum Gasteiger partial charge on any atom is -0.497 e. The summed E-state index contributed by atoms with van der Waals surface area (Å²) in [5, 5.41) is 3.33. The van der Waals surface area contributed by atoms with E-state index in [9.17, 15) is 4.79 Å². The molecule has 1 amide bonds. The number of ether oxygens (including phenoxy) is 2. The largest absolute Gasteiger partial charge is 0.497 e. The number of benzene rings is 1. The molecule has 0 spiro atoms. The number of methoxy groups -OCH3 is 2. The number of aromatic nitrogens is 1. The first-order valence-corrected chi connectivity index (χ1v) is 10.6. The van der Waals surface area contributed by atoms with Crippen molar-refractivity contribution in [1.29, 1.82) is 0 Å². The number of carbonyl (C=O) groups is 1. The zero-order valence-corrected chi connectivity index (χ0v) is 18.9. The lowest BCUT2D eigenvalue weighted by Crippen LogP contribution is -2.47. The molecule has 1 aromatic carbocycles. The van der Waals surface area contributed by atoms with E-state index in [2.05, 4.69) is 26.2 Å². The number of hydrogen-bond acceptors (Lipinski definition) is 7. The lowest BCUT2D eigenvalue weighted by molar-refractivity contribution is 0.0828. The Balaban J connectivity index is 1.45. The lowest BCUT2D eigenvalue weighted by atomic mass is 10.2. The summed E-state index contributed by atoms with van der Waals surface area (Å²) in [6.07, 6.45) is 2.69. The summed E-state index contributed by atoms with van der Waals surface area (Å²) < 4.78 is 10.9. The topological polar surface area (TPSA) is 70.2 Å². The highest BCUT2D eigenvalue weighted by Gasteiger charge is 2.20. The first-order chi connectivity index (χ1) is 15.0. The van der Waals surface area contributed by atoms with Crippen molar-refractivity contribution in [3.8, 4) is 11.5 Å². The predicted molar refractivity (Wildman–Crippen MR) is 124 cm³/mol. The van der Waals surface area contributed by atoms with Crippen LogP contribution in [0.3, 0.4) is 0 Å². The molecular weight excluding hydrogens is 394 g/mol. The van der Waals surface area contributed by atoms with Crippen molar-refractivity contribution in [2.24, 2.45) is 0 Å². The molecule has 1 N–H and O–H groups in total. The Hall–Kier alpha value is -3.00. The number of nitrogens with zero attached hydrogens (tertiary/aromatic N) is 4. The van der Waals surface area contributed by atoms with E-state index in [1.54, 1.807) is 45.5 Å².